The number of rotatable bonds is 4. The number of ether oxygens (including phenoxy) is 1. The van der Waals surface area contributed by atoms with Gasteiger partial charge < -0.3 is 10.5 Å². The maximum absolute atomic E-state index is 12.2. The summed E-state index contributed by atoms with van der Waals surface area (Å²) in [5, 5.41) is 0. The van der Waals surface area contributed by atoms with Gasteiger partial charge in [0.15, 0.2) is 0 Å². The first-order valence-electron chi connectivity index (χ1n) is 5.65. The molecule has 0 aliphatic rings. The molecule has 0 spiro atoms. The molecule has 1 aromatic rings. The summed E-state index contributed by atoms with van der Waals surface area (Å²) in [6.07, 6.45) is 0.910. The van der Waals surface area contributed by atoms with Gasteiger partial charge in [-0.3, -0.25) is 4.21 Å². The van der Waals surface area contributed by atoms with Gasteiger partial charge >= 0.3 is 0 Å². The third kappa shape index (κ3) is 4.38. The SMILES string of the molecule is COc1cc(N)ccc1S(=O)CCC(C)(C)C. The molecule has 0 aliphatic heterocycles. The van der Waals surface area contributed by atoms with Crippen LogP contribution in [0.1, 0.15) is 27.2 Å². The Bertz CT molecular complexity index is 410. The Labute approximate surface area is 106 Å². The molecule has 0 heterocycles. The summed E-state index contributed by atoms with van der Waals surface area (Å²) in [5.41, 5.74) is 6.48. The van der Waals surface area contributed by atoms with Crippen molar-refractivity contribution in [2.45, 2.75) is 32.1 Å². The van der Waals surface area contributed by atoms with Crippen LogP contribution < -0.4 is 10.5 Å². The van der Waals surface area contributed by atoms with Crippen LogP contribution in [0.2, 0.25) is 0 Å². The zero-order chi connectivity index (χ0) is 13.1. The molecule has 96 valence electrons. The normalized spacial score (nSPS) is 13.4. The van der Waals surface area contributed by atoms with E-state index in [9.17, 15) is 4.21 Å². The molecule has 3 nitrogen and oxygen atoms in total. The monoisotopic (exact) mass is 255 g/mol. The molecule has 1 unspecified atom stereocenters. The van der Waals surface area contributed by atoms with Crippen molar-refractivity contribution in [2.24, 2.45) is 5.41 Å². The van der Waals surface area contributed by atoms with E-state index >= 15 is 0 Å². The molecule has 1 atom stereocenters. The van der Waals surface area contributed by atoms with Crippen molar-refractivity contribution in [1.29, 1.82) is 0 Å². The lowest BCUT2D eigenvalue weighted by molar-refractivity contribution is 0.397. The zero-order valence-electron chi connectivity index (χ0n) is 10.9. The number of nitrogen functional groups attached to an aromatic ring is 1. The van der Waals surface area contributed by atoms with Crippen molar-refractivity contribution in [3.8, 4) is 5.75 Å². The number of benzene rings is 1. The standard InChI is InChI=1S/C13H21NO2S/c1-13(2,3)7-8-17(15)12-6-5-10(14)9-11(12)16-4/h5-6,9H,7-8,14H2,1-4H3. The van der Waals surface area contributed by atoms with E-state index in [-0.39, 0.29) is 5.41 Å². The van der Waals surface area contributed by atoms with Gasteiger partial charge in [-0.1, -0.05) is 20.8 Å². The van der Waals surface area contributed by atoms with Crippen LogP contribution in [-0.4, -0.2) is 17.1 Å². The van der Waals surface area contributed by atoms with Gasteiger partial charge in [0, 0.05) is 17.5 Å². The summed E-state index contributed by atoms with van der Waals surface area (Å²) in [4.78, 5) is 0.728. The predicted molar refractivity (Wildman–Crippen MR) is 72.8 cm³/mol. The van der Waals surface area contributed by atoms with Gasteiger partial charge in [-0.2, -0.15) is 0 Å². The van der Waals surface area contributed by atoms with Crippen molar-refractivity contribution in [1.82, 2.24) is 0 Å². The van der Waals surface area contributed by atoms with Crippen LogP contribution in [-0.2, 0) is 10.8 Å². The second kappa shape index (κ2) is 5.54. The van der Waals surface area contributed by atoms with Crippen LogP contribution in [0.5, 0.6) is 5.75 Å². The number of anilines is 1. The summed E-state index contributed by atoms with van der Waals surface area (Å²) in [6, 6.07) is 5.25. The molecule has 0 radical (unpaired) electrons. The average molecular weight is 255 g/mol. The van der Waals surface area contributed by atoms with E-state index in [2.05, 4.69) is 20.8 Å². The molecule has 0 bridgehead atoms. The average Bonchev–Trinajstić information content (AvgIpc) is 2.24. The molecular formula is C13H21NO2S. The predicted octanol–water partition coefficient (Wildman–Crippen LogP) is 2.82. The minimum atomic E-state index is -1.03. The molecule has 0 saturated carbocycles. The Kier molecular flexibility index (Phi) is 4.57. The van der Waals surface area contributed by atoms with Gasteiger partial charge in [0.2, 0.25) is 0 Å². The Morgan fingerprint density at radius 1 is 1.35 bits per heavy atom. The smallest absolute Gasteiger partial charge is 0.137 e. The van der Waals surface area contributed by atoms with Gasteiger partial charge in [-0.25, -0.2) is 0 Å². The molecule has 0 amide bonds. The number of nitrogens with two attached hydrogens (primary N) is 1. The van der Waals surface area contributed by atoms with Crippen molar-refractivity contribution >= 4 is 16.5 Å². The fourth-order valence-corrected chi connectivity index (χ4v) is 2.99. The quantitative estimate of drug-likeness (QED) is 0.842. The summed E-state index contributed by atoms with van der Waals surface area (Å²) >= 11 is 0. The van der Waals surface area contributed by atoms with Crippen molar-refractivity contribution < 1.29 is 8.95 Å². The van der Waals surface area contributed by atoms with Crippen LogP contribution in [0.25, 0.3) is 0 Å². The first kappa shape index (κ1) is 14.0. The van der Waals surface area contributed by atoms with E-state index in [1.54, 1.807) is 25.3 Å². The molecular weight excluding hydrogens is 234 g/mol. The highest BCUT2D eigenvalue weighted by atomic mass is 32.2. The van der Waals surface area contributed by atoms with Gasteiger partial charge in [-0.15, -0.1) is 0 Å². The lowest BCUT2D eigenvalue weighted by Crippen LogP contribution is -2.11. The lowest BCUT2D eigenvalue weighted by atomic mass is 9.94. The van der Waals surface area contributed by atoms with Gasteiger partial charge in [0.25, 0.3) is 0 Å². The Morgan fingerprint density at radius 3 is 2.53 bits per heavy atom. The highest BCUT2D eigenvalue weighted by Gasteiger charge is 2.15. The third-order valence-corrected chi connectivity index (χ3v) is 3.87. The first-order chi connectivity index (χ1) is 7.83. The highest BCUT2D eigenvalue weighted by Crippen LogP contribution is 2.27. The minimum Gasteiger partial charge on any atom is -0.495 e. The van der Waals surface area contributed by atoms with Crippen LogP contribution in [0.4, 0.5) is 5.69 Å². The van der Waals surface area contributed by atoms with Crippen LogP contribution in [0.3, 0.4) is 0 Å². The van der Waals surface area contributed by atoms with E-state index < -0.39 is 10.8 Å². The summed E-state index contributed by atoms with van der Waals surface area (Å²) in [6.45, 7) is 6.43. The van der Waals surface area contributed by atoms with Gasteiger partial charge in [0.1, 0.15) is 5.75 Å². The third-order valence-electron chi connectivity index (χ3n) is 2.47. The minimum absolute atomic E-state index is 0.191. The Morgan fingerprint density at radius 2 is 2.00 bits per heavy atom. The second-order valence-corrected chi connectivity index (χ2v) is 6.81. The van der Waals surface area contributed by atoms with Crippen molar-refractivity contribution in [2.75, 3.05) is 18.6 Å². The fourth-order valence-electron chi connectivity index (χ4n) is 1.38. The molecule has 1 rings (SSSR count). The summed E-state index contributed by atoms with van der Waals surface area (Å²) < 4.78 is 17.4. The highest BCUT2D eigenvalue weighted by molar-refractivity contribution is 7.85. The first-order valence-corrected chi connectivity index (χ1v) is 6.97. The number of methoxy groups -OCH3 is 1. The molecule has 1 aromatic carbocycles. The second-order valence-electron chi connectivity index (χ2n) is 5.27. The molecule has 0 aromatic heterocycles. The van der Waals surface area contributed by atoms with Crippen LogP contribution >= 0.6 is 0 Å². The zero-order valence-corrected chi connectivity index (χ0v) is 11.8. The number of hydrogen-bond donors (Lipinski definition) is 1. The van der Waals surface area contributed by atoms with E-state index in [4.69, 9.17) is 10.5 Å². The summed E-state index contributed by atoms with van der Waals surface area (Å²) in [7, 11) is 0.539. The van der Waals surface area contributed by atoms with E-state index in [1.807, 2.05) is 0 Å². The largest absolute Gasteiger partial charge is 0.495 e. The summed E-state index contributed by atoms with van der Waals surface area (Å²) in [5.74, 6) is 1.25. The molecule has 0 aliphatic carbocycles. The van der Waals surface area contributed by atoms with Crippen LogP contribution in [0, 0.1) is 5.41 Å². The van der Waals surface area contributed by atoms with Crippen molar-refractivity contribution in [3.05, 3.63) is 18.2 Å². The maximum Gasteiger partial charge on any atom is 0.137 e. The van der Waals surface area contributed by atoms with Gasteiger partial charge in [-0.05, 0) is 24.0 Å². The van der Waals surface area contributed by atoms with Crippen LogP contribution in [0.15, 0.2) is 23.1 Å². The molecule has 17 heavy (non-hydrogen) atoms. The van der Waals surface area contributed by atoms with E-state index in [0.717, 1.165) is 11.3 Å². The Balaban J connectivity index is 2.82. The molecule has 4 heteroatoms. The fraction of sp³-hybridized carbons (Fsp3) is 0.538. The number of hydrogen-bond acceptors (Lipinski definition) is 3. The maximum atomic E-state index is 12.2. The van der Waals surface area contributed by atoms with Gasteiger partial charge in [0.05, 0.1) is 22.8 Å². The lowest BCUT2D eigenvalue weighted by Gasteiger charge is -2.17. The molecule has 0 fully saturated rings. The van der Waals surface area contributed by atoms with Crippen molar-refractivity contribution in [3.63, 3.8) is 0 Å². The topological polar surface area (TPSA) is 52.3 Å². The van der Waals surface area contributed by atoms with E-state index in [0.29, 0.717) is 17.2 Å². The molecule has 2 N–H and O–H groups in total. The van der Waals surface area contributed by atoms with E-state index in [1.165, 1.54) is 0 Å². The molecule has 0 saturated heterocycles. The Hall–Kier alpha value is -1.03.